The van der Waals surface area contributed by atoms with Gasteiger partial charge in [-0.3, -0.25) is 4.55 Å². The highest BCUT2D eigenvalue weighted by molar-refractivity contribution is 7.88. The molecule has 0 saturated heterocycles. The van der Waals surface area contributed by atoms with E-state index in [1.54, 1.807) is 34.9 Å². The van der Waals surface area contributed by atoms with E-state index in [1.807, 2.05) is 48.4 Å². The number of para-hydroxylation sites is 2. The van der Waals surface area contributed by atoms with E-state index in [9.17, 15) is 8.76 Å². The standard InChI is InChI=1S/C21H21N5O2S/c1-15(2)25-12-13-26(14-25)21-20(22-18-6-4-5-7-19(18)23-21)24-29(27,28)17-10-8-16(3)9-11-17/h4-15H,1-3H3/p+1. The fourth-order valence-electron chi connectivity index (χ4n) is 2.90. The third-order valence-electron chi connectivity index (χ3n) is 4.57. The van der Waals surface area contributed by atoms with Crippen LogP contribution in [0.2, 0.25) is 0 Å². The van der Waals surface area contributed by atoms with Gasteiger partial charge in [0.2, 0.25) is 5.82 Å². The van der Waals surface area contributed by atoms with Crippen LogP contribution in [0, 0.1) is 6.92 Å². The molecule has 0 amide bonds. The number of nitrogens with zero attached hydrogens (tertiary/aromatic N) is 5. The molecular weight excluding hydrogens is 386 g/mol. The van der Waals surface area contributed by atoms with Crippen molar-refractivity contribution in [3.63, 3.8) is 0 Å². The Kier molecular flexibility index (Phi) is 4.89. The lowest BCUT2D eigenvalue weighted by atomic mass is 10.2. The topological polar surface area (TPSA) is 84.2 Å². The zero-order valence-corrected chi connectivity index (χ0v) is 17.2. The highest BCUT2D eigenvalue weighted by Crippen LogP contribution is 2.26. The molecule has 0 saturated carbocycles. The largest absolute Gasteiger partial charge is 0.296 e. The Morgan fingerprint density at radius 1 is 1.07 bits per heavy atom. The number of benzene rings is 2. The normalized spacial score (nSPS) is 13.6. The van der Waals surface area contributed by atoms with Gasteiger partial charge in [-0.1, -0.05) is 29.8 Å². The Balaban J connectivity index is 1.94. The van der Waals surface area contributed by atoms with Crippen molar-refractivity contribution in [1.82, 2.24) is 14.5 Å². The zero-order chi connectivity index (χ0) is 20.6. The first kappa shape index (κ1) is 19.2. The van der Waals surface area contributed by atoms with Crippen LogP contribution in [0.3, 0.4) is 0 Å². The minimum Gasteiger partial charge on any atom is -0.296 e. The molecule has 0 aliphatic heterocycles. The van der Waals surface area contributed by atoms with Crippen LogP contribution in [-0.4, -0.2) is 23.3 Å². The summed E-state index contributed by atoms with van der Waals surface area (Å²) in [5, 5.41) is 0. The van der Waals surface area contributed by atoms with E-state index in [2.05, 4.69) is 28.2 Å². The Morgan fingerprint density at radius 3 is 2.34 bits per heavy atom. The van der Waals surface area contributed by atoms with E-state index in [-0.39, 0.29) is 16.8 Å². The molecule has 4 aromatic rings. The molecule has 1 atom stereocenters. The number of rotatable bonds is 4. The van der Waals surface area contributed by atoms with Gasteiger partial charge in [0.1, 0.15) is 12.4 Å². The Hall–Kier alpha value is -3.10. The van der Waals surface area contributed by atoms with Gasteiger partial charge in [0.25, 0.3) is 12.1 Å². The summed E-state index contributed by atoms with van der Waals surface area (Å²) in [5.41, 5.74) is 2.30. The Labute approximate surface area is 169 Å². The number of imidazole rings is 1. The summed E-state index contributed by atoms with van der Waals surface area (Å²) in [7, 11) is -3.69. The molecule has 7 nitrogen and oxygen atoms in total. The second-order valence-corrected chi connectivity index (χ2v) is 8.77. The van der Waals surface area contributed by atoms with Crippen LogP contribution in [0.25, 0.3) is 16.9 Å². The average molecular weight is 409 g/mol. The fourth-order valence-corrected chi connectivity index (χ4v) is 3.85. The molecule has 1 N–H and O–H groups in total. The van der Waals surface area contributed by atoms with Gasteiger partial charge >= 0.3 is 0 Å². The maximum Gasteiger partial charge on any atom is 0.272 e. The van der Waals surface area contributed by atoms with E-state index in [1.165, 1.54) is 0 Å². The van der Waals surface area contributed by atoms with Crippen LogP contribution in [0.1, 0.15) is 25.5 Å². The molecule has 2 heterocycles. The summed E-state index contributed by atoms with van der Waals surface area (Å²) < 4.78 is 31.6. The molecule has 0 radical (unpaired) electrons. The van der Waals surface area contributed by atoms with Crippen molar-refractivity contribution in [2.24, 2.45) is 4.36 Å². The van der Waals surface area contributed by atoms with Crippen molar-refractivity contribution in [3.8, 4) is 5.82 Å². The highest BCUT2D eigenvalue weighted by Gasteiger charge is 2.20. The molecule has 2 aromatic carbocycles. The molecule has 1 unspecified atom stereocenters. The number of aryl methyl sites for hydroxylation is 1. The second kappa shape index (κ2) is 7.38. The fraction of sp³-hybridized carbons (Fsp3) is 0.190. The van der Waals surface area contributed by atoms with Crippen molar-refractivity contribution in [1.29, 1.82) is 0 Å². The van der Waals surface area contributed by atoms with E-state index in [0.717, 1.165) is 5.56 Å². The summed E-state index contributed by atoms with van der Waals surface area (Å²) in [4.78, 5) is 9.43. The van der Waals surface area contributed by atoms with Crippen LogP contribution in [-0.2, 0) is 10.0 Å². The monoisotopic (exact) mass is 408 g/mol. The zero-order valence-electron chi connectivity index (χ0n) is 16.4. The molecule has 2 aromatic heterocycles. The summed E-state index contributed by atoms with van der Waals surface area (Å²) in [6.07, 6.45) is 5.62. The third kappa shape index (κ3) is 3.90. The lowest BCUT2D eigenvalue weighted by molar-refractivity contribution is -0.715. The molecule has 0 spiro atoms. The van der Waals surface area contributed by atoms with Gasteiger partial charge in [0.15, 0.2) is 10.0 Å². The number of hydrogen-bond acceptors (Lipinski definition) is 4. The molecule has 0 bridgehead atoms. The van der Waals surface area contributed by atoms with Gasteiger partial charge < -0.3 is 0 Å². The highest BCUT2D eigenvalue weighted by atomic mass is 32.2. The van der Waals surface area contributed by atoms with Gasteiger partial charge in [0, 0.05) is 0 Å². The molecule has 29 heavy (non-hydrogen) atoms. The number of hydrogen-bond donors (Lipinski definition) is 1. The predicted octanol–water partition coefficient (Wildman–Crippen LogP) is 4.23. The first-order valence-electron chi connectivity index (χ1n) is 9.26. The smallest absolute Gasteiger partial charge is 0.272 e. The van der Waals surface area contributed by atoms with Crippen LogP contribution in [0.4, 0.5) is 5.82 Å². The van der Waals surface area contributed by atoms with Gasteiger partial charge in [-0.15, -0.1) is 4.36 Å². The van der Waals surface area contributed by atoms with E-state index >= 15 is 0 Å². The van der Waals surface area contributed by atoms with E-state index < -0.39 is 10.0 Å². The summed E-state index contributed by atoms with van der Waals surface area (Å²) in [6.45, 7) is 6.06. The van der Waals surface area contributed by atoms with Crippen LogP contribution in [0.5, 0.6) is 0 Å². The molecule has 0 aliphatic carbocycles. The molecule has 148 valence electrons. The first-order valence-corrected chi connectivity index (χ1v) is 10.7. The van der Waals surface area contributed by atoms with Crippen molar-refractivity contribution < 1.29 is 13.3 Å². The van der Waals surface area contributed by atoms with E-state index in [4.69, 9.17) is 0 Å². The maximum atomic E-state index is 13.0. The molecule has 8 heteroatoms. The van der Waals surface area contributed by atoms with Crippen molar-refractivity contribution in [2.45, 2.75) is 31.7 Å². The summed E-state index contributed by atoms with van der Waals surface area (Å²) >= 11 is 0. The lowest BCUT2D eigenvalue weighted by Crippen LogP contribution is -2.33. The molecule has 0 fully saturated rings. The first-order chi connectivity index (χ1) is 13.8. The van der Waals surface area contributed by atoms with Gasteiger partial charge in [0.05, 0.1) is 22.0 Å². The minimum absolute atomic E-state index is 0.114. The van der Waals surface area contributed by atoms with E-state index in [0.29, 0.717) is 16.9 Å². The van der Waals surface area contributed by atoms with Crippen molar-refractivity contribution in [3.05, 3.63) is 72.8 Å². The van der Waals surface area contributed by atoms with Gasteiger partial charge in [-0.25, -0.2) is 18.7 Å². The number of aromatic nitrogens is 4. The Morgan fingerprint density at radius 2 is 1.72 bits per heavy atom. The molecule has 4 rings (SSSR count). The SMILES string of the molecule is Cc1ccc(S(=O)(O)=Nc2nc3ccccc3nc2-n2cc[n+](C(C)C)c2)cc1. The third-order valence-corrected chi connectivity index (χ3v) is 5.88. The average Bonchev–Trinajstić information content (AvgIpc) is 3.18. The van der Waals surface area contributed by atoms with Crippen molar-refractivity contribution >= 4 is 26.9 Å². The lowest BCUT2D eigenvalue weighted by Gasteiger charge is -2.06. The van der Waals surface area contributed by atoms with Crippen LogP contribution in [0.15, 0.2) is 76.5 Å². The molecule has 0 aliphatic rings. The maximum absolute atomic E-state index is 13.0. The quantitative estimate of drug-likeness (QED) is 0.512. The predicted molar refractivity (Wildman–Crippen MR) is 112 cm³/mol. The Bertz CT molecular complexity index is 1300. The van der Waals surface area contributed by atoms with Gasteiger partial charge in [-0.05, 0) is 45.0 Å². The number of fused-ring (bicyclic) bond motifs is 1. The van der Waals surface area contributed by atoms with Crippen LogP contribution < -0.4 is 4.57 Å². The summed E-state index contributed by atoms with van der Waals surface area (Å²) in [5.74, 6) is 0.514. The summed E-state index contributed by atoms with van der Waals surface area (Å²) in [6, 6.07) is 14.4. The van der Waals surface area contributed by atoms with Crippen molar-refractivity contribution in [2.75, 3.05) is 0 Å². The second-order valence-electron chi connectivity index (χ2n) is 7.12. The molecular formula is C21H22N5O2S+. The minimum atomic E-state index is -3.69. The van der Waals surface area contributed by atoms with Gasteiger partial charge in [-0.2, -0.15) is 4.57 Å². The van der Waals surface area contributed by atoms with Crippen LogP contribution >= 0.6 is 0 Å².